The van der Waals surface area contributed by atoms with E-state index in [1.54, 1.807) is 11.2 Å². The summed E-state index contributed by atoms with van der Waals surface area (Å²) in [5.74, 6) is 6.14. The van der Waals surface area contributed by atoms with Crippen LogP contribution >= 0.6 is 46.8 Å². The van der Waals surface area contributed by atoms with Crippen molar-refractivity contribution in [2.24, 2.45) is 0 Å². The minimum Gasteiger partial charge on any atom is -0.277 e. The van der Waals surface area contributed by atoms with Crippen molar-refractivity contribution in [2.45, 2.75) is 26.8 Å². The van der Waals surface area contributed by atoms with Crippen molar-refractivity contribution in [3.63, 3.8) is 0 Å². The highest BCUT2D eigenvalue weighted by Gasteiger charge is 2.13. The van der Waals surface area contributed by atoms with E-state index in [9.17, 15) is 4.79 Å². The third kappa shape index (κ3) is 7.52. The lowest BCUT2D eigenvalue weighted by Gasteiger charge is -2.19. The number of amides is 1. The first kappa shape index (κ1) is 21.7. The molecular formula is C21H18Cl3NOS. The van der Waals surface area contributed by atoms with E-state index in [1.165, 1.54) is 6.92 Å². The Labute approximate surface area is 179 Å². The molecule has 1 amide bonds. The molecule has 1 aromatic carbocycles. The third-order valence-corrected chi connectivity index (χ3v) is 5.71. The van der Waals surface area contributed by atoms with E-state index in [1.807, 2.05) is 48.6 Å². The Morgan fingerprint density at radius 2 is 1.89 bits per heavy atom. The Hall–Kier alpha value is -1.57. The summed E-state index contributed by atoms with van der Waals surface area (Å²) < 4.78 is 1.94. The highest BCUT2D eigenvalue weighted by molar-refractivity contribution is 8.02. The summed E-state index contributed by atoms with van der Waals surface area (Å²) in [6, 6.07) is 7.73. The molecule has 2 nitrogen and oxygen atoms in total. The number of carbonyl (C=O) groups is 1. The van der Waals surface area contributed by atoms with Gasteiger partial charge in [0.2, 0.25) is 5.91 Å². The highest BCUT2D eigenvalue weighted by atomic mass is 35.5. The van der Waals surface area contributed by atoms with Gasteiger partial charge in [-0.2, -0.15) is 0 Å². The van der Waals surface area contributed by atoms with Crippen molar-refractivity contribution >= 4 is 52.7 Å². The van der Waals surface area contributed by atoms with Crippen LogP contribution in [0.4, 0.5) is 0 Å². The molecule has 0 radical (unpaired) electrons. The van der Waals surface area contributed by atoms with Crippen molar-refractivity contribution in [2.75, 3.05) is 0 Å². The predicted octanol–water partition coefficient (Wildman–Crippen LogP) is 6.71. The third-order valence-electron chi connectivity index (χ3n) is 3.48. The van der Waals surface area contributed by atoms with Gasteiger partial charge in [0, 0.05) is 40.1 Å². The van der Waals surface area contributed by atoms with Crippen LogP contribution in [0.15, 0.2) is 68.6 Å². The van der Waals surface area contributed by atoms with E-state index in [0.29, 0.717) is 21.0 Å². The maximum Gasteiger partial charge on any atom is 0.229 e. The second-order valence-corrected chi connectivity index (χ2v) is 8.36. The Morgan fingerprint density at radius 1 is 1.19 bits per heavy atom. The molecule has 1 aliphatic rings. The van der Waals surface area contributed by atoms with Crippen LogP contribution in [0.3, 0.4) is 0 Å². The molecule has 6 heteroatoms. The van der Waals surface area contributed by atoms with Gasteiger partial charge in [-0.3, -0.25) is 9.10 Å². The largest absolute Gasteiger partial charge is 0.277 e. The van der Waals surface area contributed by atoms with Crippen molar-refractivity contribution in [1.82, 2.24) is 4.31 Å². The molecule has 2 rings (SSSR count). The Kier molecular flexibility index (Phi) is 8.60. The first-order chi connectivity index (χ1) is 12.8. The number of nitrogens with zero attached hydrogens (tertiary/aromatic N) is 1. The summed E-state index contributed by atoms with van der Waals surface area (Å²) in [6.45, 7) is 3.60. The molecule has 0 fully saturated rings. The molecule has 1 aliphatic carbocycles. The minimum absolute atomic E-state index is 0.100. The van der Waals surface area contributed by atoms with Gasteiger partial charge < -0.3 is 0 Å². The van der Waals surface area contributed by atoms with E-state index in [4.69, 9.17) is 34.8 Å². The normalized spacial score (nSPS) is 14.3. The average Bonchev–Trinajstić information content (AvgIpc) is 2.84. The number of benzene rings is 1. The molecular weight excluding hydrogens is 421 g/mol. The Bertz CT molecular complexity index is 882. The van der Waals surface area contributed by atoms with Crippen LogP contribution in [0.5, 0.6) is 0 Å². The summed E-state index contributed by atoms with van der Waals surface area (Å²) in [5.41, 5.74) is 2.73. The van der Waals surface area contributed by atoms with E-state index in [2.05, 4.69) is 11.8 Å². The summed E-state index contributed by atoms with van der Waals surface area (Å²) in [4.78, 5) is 11.8. The topological polar surface area (TPSA) is 20.3 Å². The standard InChI is InChI=1S/C21H18Cl3NOS/c1-15(22)21(24)27-25(16(2)26)14-19-11-8-17(9-12-19)7-10-18-5-3-4-6-20(23)13-18/h3,5-6,8-9,11-13H,4,14H2,1-2H3/b21-15+. The SMILES string of the molecule is CC(=O)N(Cc1ccc(C#CC2=CC(Cl)=CCC=C2)cc1)S/C(Cl)=C(\C)Cl. The van der Waals surface area contributed by atoms with Crippen molar-refractivity contribution in [3.8, 4) is 11.8 Å². The van der Waals surface area contributed by atoms with Gasteiger partial charge in [0.05, 0.1) is 6.54 Å². The molecule has 1 aromatic rings. The van der Waals surface area contributed by atoms with Crippen LogP contribution in [0, 0.1) is 11.8 Å². The van der Waals surface area contributed by atoms with Crippen LogP contribution in [-0.2, 0) is 11.3 Å². The van der Waals surface area contributed by atoms with E-state index in [-0.39, 0.29) is 5.91 Å². The van der Waals surface area contributed by atoms with E-state index < -0.39 is 0 Å². The smallest absolute Gasteiger partial charge is 0.229 e. The fraction of sp³-hybridized carbons (Fsp3) is 0.190. The maximum absolute atomic E-state index is 11.8. The van der Waals surface area contributed by atoms with E-state index >= 15 is 0 Å². The van der Waals surface area contributed by atoms with Gasteiger partial charge >= 0.3 is 0 Å². The van der Waals surface area contributed by atoms with Gasteiger partial charge in [-0.05, 0) is 37.1 Å². The van der Waals surface area contributed by atoms with Crippen molar-refractivity contribution in [1.29, 1.82) is 0 Å². The van der Waals surface area contributed by atoms with Gasteiger partial charge in [-0.25, -0.2) is 0 Å². The number of allylic oxidation sites excluding steroid dienone is 7. The second kappa shape index (κ2) is 10.7. The zero-order chi connectivity index (χ0) is 19.8. The minimum atomic E-state index is -0.100. The van der Waals surface area contributed by atoms with Crippen molar-refractivity contribution in [3.05, 3.63) is 79.7 Å². The summed E-state index contributed by atoms with van der Waals surface area (Å²) in [5, 5.41) is 1.15. The molecule has 0 spiro atoms. The van der Waals surface area contributed by atoms with Gasteiger partial charge in [0.25, 0.3) is 0 Å². The van der Waals surface area contributed by atoms with Crippen LogP contribution in [0.25, 0.3) is 0 Å². The number of carbonyl (C=O) groups excluding carboxylic acids is 1. The quantitative estimate of drug-likeness (QED) is 0.384. The highest BCUT2D eigenvalue weighted by Crippen LogP contribution is 2.30. The van der Waals surface area contributed by atoms with E-state index in [0.717, 1.165) is 35.1 Å². The Balaban J connectivity index is 2.09. The molecule has 0 unspecified atom stereocenters. The zero-order valence-corrected chi connectivity index (χ0v) is 18.0. The molecule has 0 saturated carbocycles. The molecule has 140 valence electrons. The molecule has 0 atom stereocenters. The lowest BCUT2D eigenvalue weighted by atomic mass is 10.1. The number of hydrogen-bond donors (Lipinski definition) is 0. The lowest BCUT2D eigenvalue weighted by molar-refractivity contribution is -0.124. The van der Waals surface area contributed by atoms with Crippen LogP contribution in [0.2, 0.25) is 0 Å². The van der Waals surface area contributed by atoms with Gasteiger partial charge in [-0.1, -0.05) is 77.0 Å². The monoisotopic (exact) mass is 437 g/mol. The fourth-order valence-corrected chi connectivity index (χ4v) is 3.30. The molecule has 0 bridgehead atoms. The molecule has 0 N–H and O–H groups in total. The summed E-state index contributed by atoms with van der Waals surface area (Å²) >= 11 is 19.1. The van der Waals surface area contributed by atoms with Gasteiger partial charge in [-0.15, -0.1) is 0 Å². The number of halogens is 3. The van der Waals surface area contributed by atoms with Crippen LogP contribution in [-0.4, -0.2) is 10.2 Å². The predicted molar refractivity (Wildman–Crippen MR) is 117 cm³/mol. The van der Waals surface area contributed by atoms with Crippen LogP contribution < -0.4 is 0 Å². The summed E-state index contributed by atoms with van der Waals surface area (Å²) in [7, 11) is 0. The first-order valence-electron chi connectivity index (χ1n) is 8.18. The lowest BCUT2D eigenvalue weighted by Crippen LogP contribution is -2.20. The van der Waals surface area contributed by atoms with Crippen LogP contribution in [0.1, 0.15) is 31.4 Å². The fourth-order valence-electron chi connectivity index (χ4n) is 2.08. The maximum atomic E-state index is 11.8. The average molecular weight is 439 g/mol. The number of rotatable bonds is 4. The second-order valence-electron chi connectivity index (χ2n) is 5.73. The molecule has 0 saturated heterocycles. The van der Waals surface area contributed by atoms with Gasteiger partial charge in [0.1, 0.15) is 4.36 Å². The first-order valence-corrected chi connectivity index (χ1v) is 10.1. The molecule has 0 heterocycles. The van der Waals surface area contributed by atoms with Gasteiger partial charge in [0.15, 0.2) is 0 Å². The number of hydrogen-bond acceptors (Lipinski definition) is 2. The molecule has 27 heavy (non-hydrogen) atoms. The van der Waals surface area contributed by atoms with Crippen molar-refractivity contribution < 1.29 is 4.79 Å². The molecule has 0 aromatic heterocycles. The zero-order valence-electron chi connectivity index (χ0n) is 14.9. The Morgan fingerprint density at radius 3 is 2.52 bits per heavy atom. The summed E-state index contributed by atoms with van der Waals surface area (Å²) in [6.07, 6.45) is 8.58. The molecule has 0 aliphatic heterocycles.